The number of benzene rings is 1. The lowest BCUT2D eigenvalue weighted by Gasteiger charge is -2.17. The van der Waals surface area contributed by atoms with E-state index in [9.17, 15) is 8.78 Å². The molecule has 20 heavy (non-hydrogen) atoms. The molecule has 2 rings (SSSR count). The second-order valence-corrected chi connectivity index (χ2v) is 4.87. The fourth-order valence-corrected chi connectivity index (χ4v) is 2.17. The summed E-state index contributed by atoms with van der Waals surface area (Å²) in [6.45, 7) is 2.88. The molecule has 108 valence electrons. The van der Waals surface area contributed by atoms with Gasteiger partial charge in [0, 0.05) is 24.8 Å². The van der Waals surface area contributed by atoms with Crippen molar-refractivity contribution in [2.45, 2.75) is 25.8 Å². The summed E-state index contributed by atoms with van der Waals surface area (Å²) in [6, 6.07) is 4.22. The Hall–Kier alpha value is -1.75. The molecule has 0 fully saturated rings. The highest BCUT2D eigenvalue weighted by Gasteiger charge is 2.17. The second kappa shape index (κ2) is 6.61. The van der Waals surface area contributed by atoms with Crippen molar-refractivity contribution in [3.8, 4) is 0 Å². The van der Waals surface area contributed by atoms with E-state index in [1.807, 2.05) is 13.2 Å². The standard InChI is InChI=1S/C15H19F2N3/c1-3-7-18-14(12-9-19-20(2)10-12)8-11-5-4-6-13(16)15(11)17/h4-6,9-10,14,18H,3,7-8H2,1-2H3. The number of nitrogens with zero attached hydrogens (tertiary/aromatic N) is 2. The molecule has 1 N–H and O–H groups in total. The Morgan fingerprint density at radius 1 is 1.35 bits per heavy atom. The minimum atomic E-state index is -0.803. The molecule has 0 saturated heterocycles. The third-order valence-corrected chi connectivity index (χ3v) is 3.22. The van der Waals surface area contributed by atoms with Gasteiger partial charge in [0.2, 0.25) is 0 Å². The van der Waals surface area contributed by atoms with Gasteiger partial charge in [-0.2, -0.15) is 5.10 Å². The van der Waals surface area contributed by atoms with Gasteiger partial charge in [0.15, 0.2) is 11.6 Å². The van der Waals surface area contributed by atoms with E-state index in [0.29, 0.717) is 12.0 Å². The van der Waals surface area contributed by atoms with Crippen molar-refractivity contribution < 1.29 is 8.78 Å². The molecule has 0 bridgehead atoms. The van der Waals surface area contributed by atoms with Crippen molar-refractivity contribution in [1.82, 2.24) is 15.1 Å². The first kappa shape index (κ1) is 14.7. The molecule has 1 unspecified atom stereocenters. The average molecular weight is 279 g/mol. The minimum Gasteiger partial charge on any atom is -0.310 e. The normalized spacial score (nSPS) is 12.6. The first-order valence-corrected chi connectivity index (χ1v) is 6.76. The third kappa shape index (κ3) is 3.42. The molecule has 0 aliphatic carbocycles. The van der Waals surface area contributed by atoms with Gasteiger partial charge in [0.25, 0.3) is 0 Å². The summed E-state index contributed by atoms with van der Waals surface area (Å²) in [5.74, 6) is -1.57. The lowest BCUT2D eigenvalue weighted by Crippen LogP contribution is -2.24. The zero-order valence-corrected chi connectivity index (χ0v) is 11.7. The summed E-state index contributed by atoms with van der Waals surface area (Å²) >= 11 is 0. The predicted octanol–water partition coefficient (Wildman–Crippen LogP) is 2.98. The highest BCUT2D eigenvalue weighted by atomic mass is 19.2. The fraction of sp³-hybridized carbons (Fsp3) is 0.400. The smallest absolute Gasteiger partial charge is 0.162 e. The van der Waals surface area contributed by atoms with Crippen molar-refractivity contribution in [2.24, 2.45) is 7.05 Å². The van der Waals surface area contributed by atoms with Gasteiger partial charge >= 0.3 is 0 Å². The molecule has 5 heteroatoms. The zero-order valence-electron chi connectivity index (χ0n) is 11.7. The number of aryl methyl sites for hydroxylation is 1. The van der Waals surface area contributed by atoms with E-state index >= 15 is 0 Å². The summed E-state index contributed by atoms with van der Waals surface area (Å²) in [5.41, 5.74) is 1.35. The van der Waals surface area contributed by atoms with Crippen molar-refractivity contribution in [1.29, 1.82) is 0 Å². The average Bonchev–Trinajstić information content (AvgIpc) is 2.86. The van der Waals surface area contributed by atoms with Crippen molar-refractivity contribution >= 4 is 0 Å². The predicted molar refractivity (Wildman–Crippen MR) is 74.3 cm³/mol. The molecular formula is C15H19F2N3. The molecule has 0 radical (unpaired) electrons. The molecular weight excluding hydrogens is 260 g/mol. The van der Waals surface area contributed by atoms with Crippen molar-refractivity contribution in [2.75, 3.05) is 6.54 Å². The van der Waals surface area contributed by atoms with E-state index < -0.39 is 11.6 Å². The summed E-state index contributed by atoms with van der Waals surface area (Å²) in [7, 11) is 1.84. The van der Waals surface area contributed by atoms with Gasteiger partial charge in [-0.1, -0.05) is 19.1 Å². The largest absolute Gasteiger partial charge is 0.310 e. The Balaban J connectivity index is 2.21. The zero-order chi connectivity index (χ0) is 14.5. The first-order valence-electron chi connectivity index (χ1n) is 6.76. The molecule has 1 heterocycles. The monoisotopic (exact) mass is 279 g/mol. The Labute approximate surface area is 117 Å². The Morgan fingerprint density at radius 2 is 2.15 bits per heavy atom. The van der Waals surface area contributed by atoms with Crippen LogP contribution in [0.25, 0.3) is 0 Å². The second-order valence-electron chi connectivity index (χ2n) is 4.87. The molecule has 0 saturated carbocycles. The Bertz CT molecular complexity index is 566. The maximum Gasteiger partial charge on any atom is 0.162 e. The highest BCUT2D eigenvalue weighted by Crippen LogP contribution is 2.21. The minimum absolute atomic E-state index is 0.0695. The Kier molecular flexibility index (Phi) is 4.84. The van der Waals surface area contributed by atoms with Gasteiger partial charge in [-0.05, 0) is 31.0 Å². The number of halogens is 2. The van der Waals surface area contributed by atoms with Crippen LogP contribution in [0.3, 0.4) is 0 Å². The molecule has 0 aliphatic heterocycles. The number of nitrogens with one attached hydrogen (secondary N) is 1. The molecule has 0 aliphatic rings. The van der Waals surface area contributed by atoms with Gasteiger partial charge in [-0.15, -0.1) is 0 Å². The maximum atomic E-state index is 13.8. The van der Waals surface area contributed by atoms with E-state index in [4.69, 9.17) is 0 Å². The van der Waals surface area contributed by atoms with Crippen LogP contribution in [0.15, 0.2) is 30.6 Å². The van der Waals surface area contributed by atoms with Crippen LogP contribution in [0.2, 0.25) is 0 Å². The summed E-state index contributed by atoms with van der Waals surface area (Å²) in [4.78, 5) is 0. The molecule has 0 spiro atoms. The number of aromatic nitrogens is 2. The summed E-state index contributed by atoms with van der Waals surface area (Å²) in [5, 5.41) is 7.49. The summed E-state index contributed by atoms with van der Waals surface area (Å²) in [6.07, 6.45) is 5.02. The van der Waals surface area contributed by atoms with E-state index in [1.54, 1.807) is 16.9 Å². The van der Waals surface area contributed by atoms with Crippen LogP contribution >= 0.6 is 0 Å². The van der Waals surface area contributed by atoms with Crippen LogP contribution in [-0.4, -0.2) is 16.3 Å². The topological polar surface area (TPSA) is 29.9 Å². The van der Waals surface area contributed by atoms with E-state index in [1.165, 1.54) is 6.07 Å². The number of hydrogen-bond donors (Lipinski definition) is 1. The van der Waals surface area contributed by atoms with Gasteiger partial charge < -0.3 is 5.32 Å². The summed E-state index contributed by atoms with van der Waals surface area (Å²) < 4.78 is 28.8. The fourth-order valence-electron chi connectivity index (χ4n) is 2.17. The van der Waals surface area contributed by atoms with E-state index in [0.717, 1.165) is 24.6 Å². The lowest BCUT2D eigenvalue weighted by molar-refractivity contribution is 0.477. The third-order valence-electron chi connectivity index (χ3n) is 3.22. The SMILES string of the molecule is CCCNC(Cc1cccc(F)c1F)c1cnn(C)c1. The van der Waals surface area contributed by atoms with E-state index in [2.05, 4.69) is 17.3 Å². The quantitative estimate of drug-likeness (QED) is 0.881. The van der Waals surface area contributed by atoms with Crippen molar-refractivity contribution in [3.05, 3.63) is 53.4 Å². The maximum absolute atomic E-state index is 13.8. The van der Waals surface area contributed by atoms with Crippen LogP contribution in [0.5, 0.6) is 0 Å². The number of rotatable bonds is 6. The molecule has 2 aromatic rings. The Morgan fingerprint density at radius 3 is 2.80 bits per heavy atom. The molecule has 1 aromatic heterocycles. The van der Waals surface area contributed by atoms with Crippen LogP contribution < -0.4 is 5.32 Å². The first-order chi connectivity index (χ1) is 9.61. The van der Waals surface area contributed by atoms with Gasteiger partial charge in [0.1, 0.15) is 0 Å². The molecule has 1 atom stereocenters. The van der Waals surface area contributed by atoms with Crippen molar-refractivity contribution in [3.63, 3.8) is 0 Å². The van der Waals surface area contributed by atoms with Crippen LogP contribution in [0.4, 0.5) is 8.78 Å². The molecule has 3 nitrogen and oxygen atoms in total. The van der Waals surface area contributed by atoms with E-state index in [-0.39, 0.29) is 6.04 Å². The molecule has 0 amide bonds. The van der Waals surface area contributed by atoms with Gasteiger partial charge in [0.05, 0.1) is 6.20 Å². The van der Waals surface area contributed by atoms with Gasteiger partial charge in [-0.3, -0.25) is 4.68 Å². The number of hydrogen-bond acceptors (Lipinski definition) is 2. The van der Waals surface area contributed by atoms with Gasteiger partial charge in [-0.25, -0.2) is 8.78 Å². The van der Waals surface area contributed by atoms with Crippen LogP contribution in [0.1, 0.15) is 30.5 Å². The highest BCUT2D eigenvalue weighted by molar-refractivity contribution is 5.23. The van der Waals surface area contributed by atoms with Crippen LogP contribution in [-0.2, 0) is 13.5 Å². The lowest BCUT2D eigenvalue weighted by atomic mass is 10.0. The van der Waals surface area contributed by atoms with Crippen LogP contribution in [0, 0.1) is 11.6 Å². The molecule has 1 aromatic carbocycles.